The largest absolute Gasteiger partial charge is 0.445 e. The summed E-state index contributed by atoms with van der Waals surface area (Å²) >= 11 is 0. The van der Waals surface area contributed by atoms with E-state index in [4.69, 9.17) is 4.74 Å². The number of amides is 3. The minimum atomic E-state index is -0.781. The second-order valence-corrected chi connectivity index (χ2v) is 13.7. The van der Waals surface area contributed by atoms with Gasteiger partial charge in [0, 0.05) is 6.54 Å². The molecule has 0 radical (unpaired) electrons. The Morgan fingerprint density at radius 1 is 0.600 bits per heavy atom. The Morgan fingerprint density at radius 2 is 1.04 bits per heavy atom. The highest BCUT2D eigenvalue weighted by Gasteiger charge is 2.28. The van der Waals surface area contributed by atoms with Crippen LogP contribution < -0.4 is 16.0 Å². The molecule has 3 amide bonds. The molecule has 0 fully saturated rings. The number of hydrogen-bond donors (Lipinski definition) is 3. The van der Waals surface area contributed by atoms with Crippen LogP contribution in [0.15, 0.2) is 30.3 Å². The molecular formula is C38H67N3O4. The van der Waals surface area contributed by atoms with Crippen molar-refractivity contribution in [3.63, 3.8) is 0 Å². The number of rotatable bonds is 27. The van der Waals surface area contributed by atoms with Gasteiger partial charge in [0.1, 0.15) is 18.7 Å². The molecule has 258 valence electrons. The van der Waals surface area contributed by atoms with Gasteiger partial charge in [-0.25, -0.2) is 4.79 Å². The smallest absolute Gasteiger partial charge is 0.408 e. The number of nitrogens with one attached hydrogen (secondary N) is 3. The quantitative estimate of drug-likeness (QED) is 0.0845. The van der Waals surface area contributed by atoms with Crippen molar-refractivity contribution < 1.29 is 19.1 Å². The SMILES string of the molecule is CCCCCCCCCCCCCCCCCCNC(=O)[C@H](CC(C)C)NC(=O)[C@H](CC(C)C)NC(=O)OCc1ccccc1. The van der Waals surface area contributed by atoms with E-state index in [1.807, 2.05) is 58.0 Å². The Balaban J connectivity index is 2.30. The van der Waals surface area contributed by atoms with E-state index in [1.165, 1.54) is 89.9 Å². The zero-order valence-corrected chi connectivity index (χ0v) is 29.5. The molecule has 7 heteroatoms. The van der Waals surface area contributed by atoms with Gasteiger partial charge in [0.05, 0.1) is 0 Å². The number of carbonyl (C=O) groups is 3. The summed E-state index contributed by atoms with van der Waals surface area (Å²) in [5, 5.41) is 8.67. The maximum Gasteiger partial charge on any atom is 0.408 e. The van der Waals surface area contributed by atoms with Crippen molar-refractivity contribution in [2.45, 2.75) is 169 Å². The molecule has 2 atom stereocenters. The van der Waals surface area contributed by atoms with Gasteiger partial charge in [-0.15, -0.1) is 0 Å². The molecule has 0 saturated heterocycles. The zero-order valence-electron chi connectivity index (χ0n) is 29.5. The second kappa shape index (κ2) is 26.6. The van der Waals surface area contributed by atoms with Gasteiger partial charge >= 0.3 is 6.09 Å². The third-order valence-corrected chi connectivity index (χ3v) is 8.20. The fourth-order valence-electron chi connectivity index (χ4n) is 5.59. The lowest BCUT2D eigenvalue weighted by Crippen LogP contribution is -2.54. The van der Waals surface area contributed by atoms with Gasteiger partial charge in [-0.05, 0) is 36.7 Å². The molecule has 7 nitrogen and oxygen atoms in total. The molecular weight excluding hydrogens is 562 g/mol. The lowest BCUT2D eigenvalue weighted by molar-refractivity contribution is -0.130. The van der Waals surface area contributed by atoms with E-state index in [1.54, 1.807) is 0 Å². The van der Waals surface area contributed by atoms with Crippen molar-refractivity contribution in [1.82, 2.24) is 16.0 Å². The number of benzene rings is 1. The molecule has 1 aromatic rings. The summed E-state index contributed by atoms with van der Waals surface area (Å²) in [4.78, 5) is 38.8. The fraction of sp³-hybridized carbons (Fsp3) is 0.763. The van der Waals surface area contributed by atoms with E-state index in [-0.39, 0.29) is 30.3 Å². The monoisotopic (exact) mass is 630 g/mol. The van der Waals surface area contributed by atoms with E-state index >= 15 is 0 Å². The molecule has 0 saturated carbocycles. The number of alkyl carbamates (subject to hydrolysis) is 1. The van der Waals surface area contributed by atoms with Gasteiger partial charge in [0.2, 0.25) is 11.8 Å². The van der Waals surface area contributed by atoms with Crippen LogP contribution in [0, 0.1) is 11.8 Å². The van der Waals surface area contributed by atoms with Crippen molar-refractivity contribution in [3.05, 3.63) is 35.9 Å². The van der Waals surface area contributed by atoms with Crippen LogP contribution in [0.1, 0.15) is 156 Å². The Morgan fingerprint density at radius 3 is 1.51 bits per heavy atom. The van der Waals surface area contributed by atoms with Crippen LogP contribution in [0.4, 0.5) is 4.79 Å². The summed E-state index contributed by atoms with van der Waals surface area (Å²) in [6.45, 7) is 11.1. The molecule has 0 heterocycles. The van der Waals surface area contributed by atoms with Gasteiger partial charge in [0.25, 0.3) is 0 Å². The van der Waals surface area contributed by atoms with Crippen LogP contribution in [0.5, 0.6) is 0 Å². The van der Waals surface area contributed by atoms with Gasteiger partial charge in [-0.3, -0.25) is 9.59 Å². The van der Waals surface area contributed by atoms with Gasteiger partial charge < -0.3 is 20.7 Å². The first kappa shape index (κ1) is 40.5. The molecule has 0 aliphatic heterocycles. The van der Waals surface area contributed by atoms with Crippen LogP contribution in [0.25, 0.3) is 0 Å². The highest BCUT2D eigenvalue weighted by atomic mass is 16.5. The summed E-state index contributed by atoms with van der Waals surface area (Å²) in [5.74, 6) is -0.122. The van der Waals surface area contributed by atoms with Crippen LogP contribution in [-0.4, -0.2) is 36.5 Å². The lowest BCUT2D eigenvalue weighted by atomic mass is 10.00. The zero-order chi connectivity index (χ0) is 33.1. The summed E-state index contributed by atoms with van der Waals surface area (Å²) in [7, 11) is 0. The van der Waals surface area contributed by atoms with Gasteiger partial charge in [-0.2, -0.15) is 0 Å². The average molecular weight is 630 g/mol. The molecule has 3 N–H and O–H groups in total. The Labute approximate surface area is 275 Å². The fourth-order valence-corrected chi connectivity index (χ4v) is 5.59. The highest BCUT2D eigenvalue weighted by molar-refractivity contribution is 5.91. The molecule has 0 aliphatic carbocycles. The normalized spacial score (nSPS) is 12.6. The molecule has 0 aliphatic rings. The molecule has 1 rings (SSSR count). The Kier molecular flexibility index (Phi) is 23.9. The topological polar surface area (TPSA) is 96.5 Å². The van der Waals surface area contributed by atoms with Crippen molar-refractivity contribution in [2.75, 3.05) is 6.54 Å². The first-order chi connectivity index (χ1) is 21.7. The van der Waals surface area contributed by atoms with E-state index < -0.39 is 18.2 Å². The Hall–Kier alpha value is -2.57. The van der Waals surface area contributed by atoms with Crippen LogP contribution in [0.3, 0.4) is 0 Å². The minimum absolute atomic E-state index is 0.125. The summed E-state index contributed by atoms with van der Waals surface area (Å²) in [6, 6.07) is 7.99. The number of carbonyl (C=O) groups excluding carboxylic acids is 3. The predicted molar refractivity (Wildman–Crippen MR) is 187 cm³/mol. The molecule has 45 heavy (non-hydrogen) atoms. The van der Waals surface area contributed by atoms with Crippen LogP contribution >= 0.6 is 0 Å². The third kappa shape index (κ3) is 22.6. The molecule has 0 unspecified atom stereocenters. The van der Waals surface area contributed by atoms with Crippen molar-refractivity contribution in [1.29, 1.82) is 0 Å². The standard InChI is InChI=1S/C38H67N3O4/c1-6-7-8-9-10-11-12-13-14-15-16-17-18-19-20-24-27-39-36(42)34(28-31(2)3)40-37(43)35(29-32(4)5)41-38(44)45-30-33-25-22-21-23-26-33/h21-23,25-26,31-32,34-35H,6-20,24,27-30H2,1-5H3,(H,39,42)(H,40,43)(H,41,44)/t34-,35-/m0/s1. The lowest BCUT2D eigenvalue weighted by Gasteiger charge is -2.25. The van der Waals surface area contributed by atoms with Gasteiger partial charge in [0.15, 0.2) is 0 Å². The van der Waals surface area contributed by atoms with E-state index in [2.05, 4.69) is 22.9 Å². The maximum atomic E-state index is 13.3. The summed E-state index contributed by atoms with van der Waals surface area (Å²) in [5.41, 5.74) is 0.871. The first-order valence-electron chi connectivity index (χ1n) is 18.3. The van der Waals surface area contributed by atoms with E-state index in [9.17, 15) is 14.4 Å². The van der Waals surface area contributed by atoms with E-state index in [0.29, 0.717) is 19.4 Å². The minimum Gasteiger partial charge on any atom is -0.445 e. The highest BCUT2D eigenvalue weighted by Crippen LogP contribution is 2.14. The molecule has 0 aromatic heterocycles. The number of ether oxygens (including phenoxy) is 1. The number of unbranched alkanes of at least 4 members (excludes halogenated alkanes) is 15. The second-order valence-electron chi connectivity index (χ2n) is 13.7. The van der Waals surface area contributed by atoms with Crippen LogP contribution in [-0.2, 0) is 20.9 Å². The maximum absolute atomic E-state index is 13.3. The third-order valence-electron chi connectivity index (χ3n) is 8.20. The van der Waals surface area contributed by atoms with Crippen molar-refractivity contribution in [3.8, 4) is 0 Å². The number of hydrogen-bond acceptors (Lipinski definition) is 4. The van der Waals surface area contributed by atoms with Crippen LogP contribution in [0.2, 0.25) is 0 Å². The van der Waals surface area contributed by atoms with Crippen molar-refractivity contribution >= 4 is 17.9 Å². The van der Waals surface area contributed by atoms with Gasteiger partial charge in [-0.1, -0.05) is 161 Å². The predicted octanol–water partition coefficient (Wildman–Crippen LogP) is 9.24. The molecule has 1 aromatic carbocycles. The van der Waals surface area contributed by atoms with Crippen molar-refractivity contribution in [2.24, 2.45) is 11.8 Å². The first-order valence-corrected chi connectivity index (χ1v) is 18.3. The summed E-state index contributed by atoms with van der Waals surface area (Å²) < 4.78 is 5.34. The average Bonchev–Trinajstić information content (AvgIpc) is 3.00. The molecule has 0 bridgehead atoms. The van der Waals surface area contributed by atoms with E-state index in [0.717, 1.165) is 18.4 Å². The summed E-state index contributed by atoms with van der Waals surface area (Å²) in [6.07, 6.45) is 21.4. The Bertz CT molecular complexity index is 890. The molecule has 0 spiro atoms.